The monoisotopic (exact) mass is 452 g/mol. The molecule has 1 fully saturated rings. The van der Waals surface area contributed by atoms with Crippen LogP contribution in [0.5, 0.6) is 0 Å². The number of amides is 2. The quantitative estimate of drug-likeness (QED) is 0.595. The number of rotatable bonds is 7. The van der Waals surface area contributed by atoms with E-state index in [0.717, 1.165) is 22.3 Å². The van der Waals surface area contributed by atoms with Crippen LogP contribution in [0.1, 0.15) is 36.8 Å². The molecule has 1 aliphatic carbocycles. The van der Waals surface area contributed by atoms with E-state index in [1.165, 1.54) is 4.90 Å². The lowest BCUT2D eigenvalue weighted by Crippen LogP contribution is -2.46. The topological polar surface area (TPSA) is 116 Å². The van der Waals surface area contributed by atoms with Crippen LogP contribution in [-0.2, 0) is 14.3 Å². The first-order valence-corrected chi connectivity index (χ1v) is 11.2. The summed E-state index contributed by atoms with van der Waals surface area (Å²) in [6, 6.07) is 15.1. The van der Waals surface area contributed by atoms with Gasteiger partial charge in [-0.25, -0.2) is 9.59 Å². The van der Waals surface area contributed by atoms with Gasteiger partial charge in [0.25, 0.3) is 0 Å². The van der Waals surface area contributed by atoms with Gasteiger partial charge in [-0.2, -0.15) is 0 Å². The zero-order valence-corrected chi connectivity index (χ0v) is 18.4. The molecule has 0 spiro atoms. The van der Waals surface area contributed by atoms with Gasteiger partial charge in [-0.15, -0.1) is 0 Å². The number of ether oxygens (including phenoxy) is 1. The number of carboxylic acids is 1. The fourth-order valence-electron chi connectivity index (χ4n) is 4.79. The van der Waals surface area contributed by atoms with Crippen LogP contribution in [0.25, 0.3) is 11.1 Å². The van der Waals surface area contributed by atoms with Gasteiger partial charge in [0.15, 0.2) is 0 Å². The number of aliphatic hydroxyl groups is 1. The van der Waals surface area contributed by atoms with E-state index in [-0.39, 0.29) is 37.9 Å². The van der Waals surface area contributed by atoms with Crippen LogP contribution in [-0.4, -0.2) is 64.9 Å². The Morgan fingerprint density at radius 2 is 1.70 bits per heavy atom. The van der Waals surface area contributed by atoms with E-state index in [2.05, 4.69) is 17.4 Å². The fraction of sp³-hybridized carbons (Fsp3) is 0.400. The zero-order chi connectivity index (χ0) is 23.5. The molecule has 2 aromatic rings. The highest BCUT2D eigenvalue weighted by Gasteiger charge is 2.40. The first-order valence-electron chi connectivity index (χ1n) is 11.2. The second kappa shape index (κ2) is 9.62. The molecular formula is C25H28N2O6. The van der Waals surface area contributed by atoms with E-state index in [9.17, 15) is 24.6 Å². The van der Waals surface area contributed by atoms with Gasteiger partial charge >= 0.3 is 12.1 Å². The number of likely N-dealkylation sites (tertiary alicyclic amines) is 1. The van der Waals surface area contributed by atoms with Gasteiger partial charge in [-0.05, 0) is 28.7 Å². The Bertz CT molecular complexity index is 1010. The molecule has 8 heteroatoms. The summed E-state index contributed by atoms with van der Waals surface area (Å²) in [6.45, 7) is 1.98. The number of carbonyl (C=O) groups is 3. The molecule has 4 rings (SSSR count). The van der Waals surface area contributed by atoms with Gasteiger partial charge < -0.3 is 25.2 Å². The van der Waals surface area contributed by atoms with Crippen LogP contribution in [0.3, 0.4) is 0 Å². The van der Waals surface area contributed by atoms with Crippen LogP contribution in [0.4, 0.5) is 4.79 Å². The molecule has 0 bridgehead atoms. The third-order valence-corrected chi connectivity index (χ3v) is 6.53. The first kappa shape index (κ1) is 22.8. The zero-order valence-electron chi connectivity index (χ0n) is 18.4. The SMILES string of the molecule is CCC(CNC(=O)OCC1c2ccccc2-c2ccccc21)C(=O)N1C[C@H](O)C[C@H]1C(=O)O. The summed E-state index contributed by atoms with van der Waals surface area (Å²) in [5.41, 5.74) is 4.50. The van der Waals surface area contributed by atoms with Crippen LogP contribution < -0.4 is 5.32 Å². The number of nitrogens with one attached hydrogen (secondary N) is 1. The summed E-state index contributed by atoms with van der Waals surface area (Å²) in [4.78, 5) is 37.9. The van der Waals surface area contributed by atoms with Crippen molar-refractivity contribution in [1.29, 1.82) is 0 Å². The molecule has 3 N–H and O–H groups in total. The number of hydrogen-bond donors (Lipinski definition) is 3. The molecule has 33 heavy (non-hydrogen) atoms. The van der Waals surface area contributed by atoms with E-state index in [1.54, 1.807) is 6.92 Å². The Hall–Kier alpha value is -3.39. The molecule has 8 nitrogen and oxygen atoms in total. The molecule has 2 amide bonds. The van der Waals surface area contributed by atoms with Crippen molar-refractivity contribution in [3.63, 3.8) is 0 Å². The van der Waals surface area contributed by atoms with Gasteiger partial charge in [0.2, 0.25) is 5.91 Å². The molecule has 1 saturated heterocycles. The van der Waals surface area contributed by atoms with Crippen molar-refractivity contribution in [2.75, 3.05) is 19.7 Å². The number of fused-ring (bicyclic) bond motifs is 3. The lowest BCUT2D eigenvalue weighted by atomic mass is 9.98. The van der Waals surface area contributed by atoms with Gasteiger partial charge in [0.1, 0.15) is 12.6 Å². The van der Waals surface area contributed by atoms with Gasteiger partial charge in [0, 0.05) is 25.4 Å². The lowest BCUT2D eigenvalue weighted by molar-refractivity contribution is -0.149. The van der Waals surface area contributed by atoms with E-state index >= 15 is 0 Å². The molecule has 2 aromatic carbocycles. The molecule has 174 valence electrons. The number of carboxylic acid groups (broad SMARTS) is 1. The second-order valence-corrected chi connectivity index (χ2v) is 8.55. The van der Waals surface area contributed by atoms with Gasteiger partial charge in [-0.1, -0.05) is 55.5 Å². The Labute approximate surface area is 192 Å². The van der Waals surface area contributed by atoms with Crippen LogP contribution in [0, 0.1) is 5.92 Å². The van der Waals surface area contributed by atoms with E-state index in [0.29, 0.717) is 6.42 Å². The molecule has 3 atom stereocenters. The largest absolute Gasteiger partial charge is 0.480 e. The molecule has 0 aromatic heterocycles. The third kappa shape index (κ3) is 4.57. The standard InChI is InChI=1S/C25H28N2O6/c1-2-15(23(29)27-13-16(28)11-22(27)24(30)31)12-26-25(32)33-14-21-19-9-5-3-7-17(19)18-8-4-6-10-20(18)21/h3-10,15-16,21-22,28H,2,11-14H2,1H3,(H,26,32)(H,30,31)/t15?,16-,22+/m1/s1. The summed E-state index contributed by atoms with van der Waals surface area (Å²) >= 11 is 0. The summed E-state index contributed by atoms with van der Waals surface area (Å²) in [5.74, 6) is -2.19. The van der Waals surface area contributed by atoms with Crippen molar-refractivity contribution in [2.24, 2.45) is 5.92 Å². The number of aliphatic carboxylic acids is 1. The minimum Gasteiger partial charge on any atom is -0.480 e. The van der Waals surface area contributed by atoms with Gasteiger partial charge in [0.05, 0.1) is 12.0 Å². The fourth-order valence-corrected chi connectivity index (χ4v) is 4.79. The average Bonchev–Trinajstić information content (AvgIpc) is 3.36. The predicted molar refractivity (Wildman–Crippen MR) is 121 cm³/mol. The maximum absolute atomic E-state index is 12.9. The Morgan fingerprint density at radius 1 is 1.09 bits per heavy atom. The number of benzene rings is 2. The maximum atomic E-state index is 12.9. The Kier molecular flexibility index (Phi) is 6.65. The van der Waals surface area contributed by atoms with Crippen LogP contribution >= 0.6 is 0 Å². The third-order valence-electron chi connectivity index (χ3n) is 6.53. The van der Waals surface area contributed by atoms with Crippen molar-refractivity contribution in [2.45, 2.75) is 37.8 Å². The number of β-amino-alcohol motifs (C(OH)–C–C–N with tert-alkyl or cyclic N) is 1. The normalized spacial score (nSPS) is 20.1. The van der Waals surface area contributed by atoms with Gasteiger partial charge in [-0.3, -0.25) is 4.79 Å². The van der Waals surface area contributed by atoms with Crippen molar-refractivity contribution < 1.29 is 29.3 Å². The minimum absolute atomic E-state index is 0.0112. The highest BCUT2D eigenvalue weighted by molar-refractivity contribution is 5.86. The molecule has 1 aliphatic heterocycles. The van der Waals surface area contributed by atoms with Crippen molar-refractivity contribution >= 4 is 18.0 Å². The number of hydrogen-bond acceptors (Lipinski definition) is 5. The number of nitrogens with zero attached hydrogens (tertiary/aromatic N) is 1. The molecular weight excluding hydrogens is 424 g/mol. The molecule has 0 radical (unpaired) electrons. The average molecular weight is 453 g/mol. The number of carbonyl (C=O) groups excluding carboxylic acids is 2. The smallest absolute Gasteiger partial charge is 0.407 e. The minimum atomic E-state index is -1.14. The molecule has 2 aliphatic rings. The highest BCUT2D eigenvalue weighted by Crippen LogP contribution is 2.44. The molecule has 1 unspecified atom stereocenters. The van der Waals surface area contributed by atoms with Crippen LogP contribution in [0.15, 0.2) is 48.5 Å². The van der Waals surface area contributed by atoms with Crippen molar-refractivity contribution in [3.8, 4) is 11.1 Å². The maximum Gasteiger partial charge on any atom is 0.407 e. The Balaban J connectivity index is 1.35. The summed E-state index contributed by atoms with van der Waals surface area (Å²) in [7, 11) is 0. The van der Waals surface area contributed by atoms with E-state index in [4.69, 9.17) is 4.74 Å². The number of alkyl carbamates (subject to hydrolysis) is 1. The summed E-state index contributed by atoms with van der Waals surface area (Å²) in [5, 5.41) is 21.8. The van der Waals surface area contributed by atoms with Crippen molar-refractivity contribution in [1.82, 2.24) is 10.2 Å². The summed E-state index contributed by atoms with van der Waals surface area (Å²) in [6.07, 6.45) is -1.05. The highest BCUT2D eigenvalue weighted by atomic mass is 16.5. The molecule has 0 saturated carbocycles. The van der Waals surface area contributed by atoms with Crippen LogP contribution in [0.2, 0.25) is 0 Å². The summed E-state index contributed by atoms with van der Waals surface area (Å²) < 4.78 is 5.51. The molecule has 1 heterocycles. The Morgan fingerprint density at radius 3 is 2.27 bits per heavy atom. The van der Waals surface area contributed by atoms with E-state index in [1.807, 2.05) is 36.4 Å². The first-order chi connectivity index (χ1) is 15.9. The van der Waals surface area contributed by atoms with E-state index < -0.39 is 30.1 Å². The predicted octanol–water partition coefficient (Wildman–Crippen LogP) is 2.60. The second-order valence-electron chi connectivity index (χ2n) is 8.55. The number of aliphatic hydroxyl groups excluding tert-OH is 1. The lowest BCUT2D eigenvalue weighted by Gasteiger charge is -2.26. The van der Waals surface area contributed by atoms with Crippen molar-refractivity contribution in [3.05, 3.63) is 59.7 Å².